The van der Waals surface area contributed by atoms with E-state index in [0.717, 1.165) is 45.1 Å². The molecule has 2 aromatic rings. The van der Waals surface area contributed by atoms with Gasteiger partial charge in [-0.05, 0) is 26.0 Å². The summed E-state index contributed by atoms with van der Waals surface area (Å²) >= 11 is 0. The monoisotopic (exact) mass is 381 g/mol. The first kappa shape index (κ1) is 18.6. The van der Waals surface area contributed by atoms with Crippen LogP contribution >= 0.6 is 0 Å². The fourth-order valence-corrected chi connectivity index (χ4v) is 4.13. The highest BCUT2D eigenvalue weighted by atomic mass is 32.2. The van der Waals surface area contributed by atoms with Crippen LogP contribution in [0.3, 0.4) is 0 Å². The summed E-state index contributed by atoms with van der Waals surface area (Å²) < 4.78 is 37.6. The maximum absolute atomic E-state index is 12.5. The van der Waals surface area contributed by atoms with Gasteiger partial charge < -0.3 is 14.6 Å². The van der Waals surface area contributed by atoms with Crippen LogP contribution in [0.5, 0.6) is 0 Å². The highest BCUT2D eigenvalue weighted by molar-refractivity contribution is 7.92. The minimum absolute atomic E-state index is 0.0482. The van der Waals surface area contributed by atoms with E-state index >= 15 is 0 Å². The maximum atomic E-state index is 12.5. The van der Waals surface area contributed by atoms with Crippen molar-refractivity contribution >= 4 is 21.5 Å². The average molecular weight is 381 g/mol. The van der Waals surface area contributed by atoms with Crippen molar-refractivity contribution in [1.29, 1.82) is 0 Å². The molecular weight excluding hydrogens is 358 g/mol. The first-order valence-corrected chi connectivity index (χ1v) is 9.90. The molecule has 9 nitrogen and oxygen atoms in total. The van der Waals surface area contributed by atoms with E-state index in [4.69, 9.17) is 9.26 Å². The molecule has 0 atom stereocenters. The van der Waals surface area contributed by atoms with Gasteiger partial charge in [-0.2, -0.15) is 0 Å². The van der Waals surface area contributed by atoms with E-state index in [0.29, 0.717) is 5.69 Å². The Morgan fingerprint density at radius 3 is 2.62 bits per heavy atom. The summed E-state index contributed by atoms with van der Waals surface area (Å²) in [4.78, 5) is 6.54. The number of pyridine rings is 1. The second-order valence-corrected chi connectivity index (χ2v) is 7.69. The largest absolute Gasteiger partial charge is 0.383 e. The Bertz CT molecular complexity index is 809. The van der Waals surface area contributed by atoms with Gasteiger partial charge in [-0.1, -0.05) is 5.16 Å². The maximum Gasteiger partial charge on any atom is 0.268 e. The van der Waals surface area contributed by atoms with Crippen LogP contribution in [-0.4, -0.2) is 62.9 Å². The minimum Gasteiger partial charge on any atom is -0.383 e. The molecule has 1 saturated heterocycles. The highest BCUT2D eigenvalue weighted by Crippen LogP contribution is 2.21. The number of ether oxygens (including phenoxy) is 1. The van der Waals surface area contributed by atoms with Crippen LogP contribution in [0.25, 0.3) is 0 Å². The fourth-order valence-electron chi connectivity index (χ4n) is 2.79. The molecule has 2 aromatic heterocycles. The van der Waals surface area contributed by atoms with E-state index in [1.807, 2.05) is 0 Å². The number of aromatic nitrogens is 2. The molecular formula is C16H23N5O4S. The number of hydrogen-bond acceptors (Lipinski definition) is 8. The molecule has 0 spiro atoms. The topological polar surface area (TPSA) is 110 Å². The van der Waals surface area contributed by atoms with Gasteiger partial charge in [-0.15, -0.1) is 0 Å². The first-order valence-electron chi connectivity index (χ1n) is 8.41. The lowest BCUT2D eigenvalue weighted by Crippen LogP contribution is -2.39. The molecule has 10 heteroatoms. The summed E-state index contributed by atoms with van der Waals surface area (Å²) in [6, 6.07) is 3.41. The van der Waals surface area contributed by atoms with Crippen molar-refractivity contribution in [3.8, 4) is 0 Å². The van der Waals surface area contributed by atoms with Gasteiger partial charge in [-0.25, -0.2) is 13.4 Å². The van der Waals surface area contributed by atoms with E-state index in [1.54, 1.807) is 32.2 Å². The van der Waals surface area contributed by atoms with Gasteiger partial charge in [0.25, 0.3) is 10.0 Å². The Hall–Kier alpha value is -2.17. The van der Waals surface area contributed by atoms with Crippen LogP contribution in [0.2, 0.25) is 0 Å². The Morgan fingerprint density at radius 1 is 1.23 bits per heavy atom. The summed E-state index contributed by atoms with van der Waals surface area (Å²) in [7, 11) is -3.78. The lowest BCUT2D eigenvalue weighted by molar-refractivity contribution is 0.0398. The number of anilines is 2. The van der Waals surface area contributed by atoms with Gasteiger partial charge in [0.15, 0.2) is 10.7 Å². The molecule has 0 aromatic carbocycles. The average Bonchev–Trinajstić information content (AvgIpc) is 2.96. The first-order chi connectivity index (χ1) is 12.5. The molecule has 3 rings (SSSR count). The van der Waals surface area contributed by atoms with Crippen molar-refractivity contribution in [2.24, 2.45) is 0 Å². The number of hydrogen-bond donors (Lipinski definition) is 2. The van der Waals surface area contributed by atoms with Gasteiger partial charge in [0.1, 0.15) is 11.5 Å². The summed E-state index contributed by atoms with van der Waals surface area (Å²) in [5.74, 6) is 0.486. The Balaban J connectivity index is 1.55. The number of nitrogens with one attached hydrogen (secondary N) is 2. The molecule has 0 radical (unpaired) electrons. The van der Waals surface area contributed by atoms with Crippen LogP contribution in [0.15, 0.2) is 27.7 Å². The van der Waals surface area contributed by atoms with Gasteiger partial charge in [0.2, 0.25) is 0 Å². The van der Waals surface area contributed by atoms with Gasteiger partial charge in [-0.3, -0.25) is 9.62 Å². The zero-order valence-electron chi connectivity index (χ0n) is 14.9. The third-order valence-corrected chi connectivity index (χ3v) is 5.70. The van der Waals surface area contributed by atoms with E-state index in [1.165, 1.54) is 0 Å². The second-order valence-electron chi connectivity index (χ2n) is 6.07. The van der Waals surface area contributed by atoms with Crippen LogP contribution < -0.4 is 10.0 Å². The third-order valence-electron chi connectivity index (χ3n) is 4.10. The number of morpholine rings is 1. The lowest BCUT2D eigenvalue weighted by Gasteiger charge is -2.26. The van der Waals surface area contributed by atoms with Crippen LogP contribution in [0, 0.1) is 13.8 Å². The highest BCUT2D eigenvalue weighted by Gasteiger charge is 2.24. The summed E-state index contributed by atoms with van der Waals surface area (Å²) in [5, 5.41) is 6.95. The molecule has 3 heterocycles. The minimum atomic E-state index is -3.78. The number of nitrogens with zero attached hydrogens (tertiary/aromatic N) is 3. The van der Waals surface area contributed by atoms with Crippen molar-refractivity contribution in [2.45, 2.75) is 18.7 Å². The quantitative estimate of drug-likeness (QED) is 0.737. The summed E-state index contributed by atoms with van der Waals surface area (Å²) in [5.41, 5.74) is 1.15. The molecule has 1 aliphatic heterocycles. The molecule has 0 amide bonds. The standard InChI is InChI=1S/C16H23N5O4S/c1-12-16(13(2)25-19-12)26(22,23)20-15-4-3-14(11-18-15)17-5-6-21-7-9-24-10-8-21/h3-4,11,17H,5-10H2,1-2H3,(H,18,20). The predicted octanol–water partition coefficient (Wildman–Crippen LogP) is 1.23. The van der Waals surface area contributed by atoms with Gasteiger partial charge >= 0.3 is 0 Å². The van der Waals surface area contributed by atoms with Crippen molar-refractivity contribution in [1.82, 2.24) is 15.0 Å². The molecule has 0 bridgehead atoms. The molecule has 1 aliphatic rings. The Labute approximate surface area is 152 Å². The van der Waals surface area contributed by atoms with Gasteiger partial charge in [0, 0.05) is 26.2 Å². The lowest BCUT2D eigenvalue weighted by atomic mass is 10.3. The van der Waals surface area contributed by atoms with Crippen LogP contribution in [0.4, 0.5) is 11.5 Å². The molecule has 2 N–H and O–H groups in total. The molecule has 0 saturated carbocycles. The van der Waals surface area contributed by atoms with Crippen LogP contribution in [-0.2, 0) is 14.8 Å². The molecule has 0 aliphatic carbocycles. The molecule has 142 valence electrons. The Morgan fingerprint density at radius 2 is 2.00 bits per heavy atom. The van der Waals surface area contributed by atoms with Crippen LogP contribution in [0.1, 0.15) is 11.5 Å². The van der Waals surface area contributed by atoms with E-state index in [9.17, 15) is 8.42 Å². The third kappa shape index (κ3) is 4.51. The molecule has 1 fully saturated rings. The normalized spacial score (nSPS) is 15.8. The molecule has 26 heavy (non-hydrogen) atoms. The zero-order chi connectivity index (χ0) is 18.6. The number of sulfonamides is 1. The molecule has 0 unspecified atom stereocenters. The summed E-state index contributed by atoms with van der Waals surface area (Å²) in [6.45, 7) is 8.30. The number of rotatable bonds is 7. The zero-order valence-corrected chi connectivity index (χ0v) is 15.7. The Kier molecular flexibility index (Phi) is 5.74. The number of aryl methyl sites for hydroxylation is 2. The predicted molar refractivity (Wildman–Crippen MR) is 96.8 cm³/mol. The van der Waals surface area contributed by atoms with E-state index in [-0.39, 0.29) is 16.5 Å². The van der Waals surface area contributed by atoms with Crippen molar-refractivity contribution < 1.29 is 17.7 Å². The van der Waals surface area contributed by atoms with Crippen molar-refractivity contribution in [3.63, 3.8) is 0 Å². The second kappa shape index (κ2) is 8.02. The SMILES string of the molecule is Cc1noc(C)c1S(=O)(=O)Nc1ccc(NCCN2CCOCC2)cn1. The summed E-state index contributed by atoms with van der Waals surface area (Å²) in [6.07, 6.45) is 1.60. The van der Waals surface area contributed by atoms with Crippen molar-refractivity contribution in [2.75, 3.05) is 49.4 Å². The fraction of sp³-hybridized carbons (Fsp3) is 0.500. The van der Waals surface area contributed by atoms with Crippen molar-refractivity contribution in [3.05, 3.63) is 29.8 Å². The smallest absolute Gasteiger partial charge is 0.268 e. The van der Waals surface area contributed by atoms with Gasteiger partial charge in [0.05, 0.1) is 25.1 Å². The van der Waals surface area contributed by atoms with E-state index in [2.05, 4.69) is 25.1 Å². The van der Waals surface area contributed by atoms with E-state index < -0.39 is 10.0 Å².